The van der Waals surface area contributed by atoms with Gasteiger partial charge in [-0.15, -0.1) is 6.58 Å². The van der Waals surface area contributed by atoms with E-state index in [1.165, 1.54) is 18.4 Å². The average molecular weight is 292 g/mol. The Bertz CT molecular complexity index is 577. The molecule has 2 fully saturated rings. The van der Waals surface area contributed by atoms with Gasteiger partial charge in [-0.3, -0.25) is 9.69 Å². The zero-order valence-electron chi connectivity index (χ0n) is 11.3. The number of rotatable bonds is 4. The summed E-state index contributed by atoms with van der Waals surface area (Å²) in [6.07, 6.45) is 4.37. The molecule has 3 rings (SSSR count). The van der Waals surface area contributed by atoms with Crippen LogP contribution in [0.5, 0.6) is 0 Å². The van der Waals surface area contributed by atoms with E-state index in [-0.39, 0.29) is 17.8 Å². The van der Waals surface area contributed by atoms with Crippen LogP contribution in [0.1, 0.15) is 40.5 Å². The molecule has 1 aromatic rings. The van der Waals surface area contributed by atoms with Gasteiger partial charge in [0, 0.05) is 24.8 Å². The van der Waals surface area contributed by atoms with E-state index in [0.717, 1.165) is 18.5 Å². The first-order valence-corrected chi connectivity index (χ1v) is 7.47. The van der Waals surface area contributed by atoms with Gasteiger partial charge in [0.1, 0.15) is 4.88 Å². The minimum Gasteiger partial charge on any atom is -0.465 e. The van der Waals surface area contributed by atoms with E-state index in [4.69, 9.17) is 4.74 Å². The van der Waals surface area contributed by atoms with E-state index < -0.39 is 0 Å². The van der Waals surface area contributed by atoms with Gasteiger partial charge in [-0.2, -0.15) is 0 Å². The van der Waals surface area contributed by atoms with Gasteiger partial charge in [0.15, 0.2) is 5.13 Å². The Morgan fingerprint density at radius 3 is 2.85 bits per heavy atom. The van der Waals surface area contributed by atoms with E-state index >= 15 is 0 Å². The van der Waals surface area contributed by atoms with E-state index in [2.05, 4.69) is 11.6 Å². The highest BCUT2D eigenvalue weighted by Crippen LogP contribution is 2.45. The standard InChI is InChI=1S/C14H16N2O3S/c1-3-8-6-10(17)16(7-8)14-15-11(9-4-5-9)12(20-14)13(18)19-2/h3,8-9H,1,4-7H2,2H3. The molecule has 0 radical (unpaired) electrons. The molecule has 1 saturated carbocycles. The molecule has 1 unspecified atom stereocenters. The number of ether oxygens (including phenoxy) is 1. The molecule has 6 heteroatoms. The fourth-order valence-corrected chi connectivity index (χ4v) is 3.48. The second kappa shape index (κ2) is 5.01. The molecule has 0 N–H and O–H groups in total. The topological polar surface area (TPSA) is 59.5 Å². The molecule has 1 atom stereocenters. The number of nitrogens with zero attached hydrogens (tertiary/aromatic N) is 2. The number of thiazole rings is 1. The number of carbonyl (C=O) groups is 2. The van der Waals surface area contributed by atoms with Crippen LogP contribution >= 0.6 is 11.3 Å². The third-order valence-corrected chi connectivity index (χ3v) is 4.77. The molecule has 106 valence electrons. The lowest BCUT2D eigenvalue weighted by atomic mass is 10.1. The quantitative estimate of drug-likeness (QED) is 0.631. The van der Waals surface area contributed by atoms with Gasteiger partial charge in [-0.05, 0) is 12.8 Å². The number of hydrogen-bond acceptors (Lipinski definition) is 5. The van der Waals surface area contributed by atoms with Crippen LogP contribution in [-0.4, -0.2) is 30.5 Å². The molecule has 2 aliphatic rings. The van der Waals surface area contributed by atoms with Gasteiger partial charge in [-0.25, -0.2) is 9.78 Å². The Morgan fingerprint density at radius 2 is 2.30 bits per heavy atom. The highest BCUT2D eigenvalue weighted by Gasteiger charge is 2.36. The number of amides is 1. The summed E-state index contributed by atoms with van der Waals surface area (Å²) in [6.45, 7) is 4.34. The second-order valence-corrected chi connectivity index (χ2v) is 6.16. The Balaban J connectivity index is 1.92. The number of anilines is 1. The average Bonchev–Trinajstić information content (AvgIpc) is 3.09. The number of carbonyl (C=O) groups excluding carboxylic acids is 2. The normalized spacial score (nSPS) is 22.1. The Kier molecular flexibility index (Phi) is 3.33. The van der Waals surface area contributed by atoms with Crippen LogP contribution < -0.4 is 4.90 Å². The fourth-order valence-electron chi connectivity index (χ4n) is 2.39. The summed E-state index contributed by atoms with van der Waals surface area (Å²) in [4.78, 5) is 30.6. The SMILES string of the molecule is C=CC1CC(=O)N(c2nc(C3CC3)c(C(=O)OC)s2)C1. The van der Waals surface area contributed by atoms with Crippen LogP contribution in [0, 0.1) is 5.92 Å². The molecular formula is C14H16N2O3S. The van der Waals surface area contributed by atoms with Gasteiger partial charge in [0.25, 0.3) is 0 Å². The molecule has 5 nitrogen and oxygen atoms in total. The molecule has 0 spiro atoms. The van der Waals surface area contributed by atoms with Gasteiger partial charge in [-0.1, -0.05) is 17.4 Å². The van der Waals surface area contributed by atoms with Crippen LogP contribution in [0.25, 0.3) is 0 Å². The monoisotopic (exact) mass is 292 g/mol. The van der Waals surface area contributed by atoms with Crippen LogP contribution in [0.4, 0.5) is 5.13 Å². The van der Waals surface area contributed by atoms with Crippen molar-refractivity contribution >= 4 is 28.3 Å². The van der Waals surface area contributed by atoms with Crippen molar-refractivity contribution in [2.45, 2.75) is 25.2 Å². The van der Waals surface area contributed by atoms with Crippen molar-refractivity contribution in [2.75, 3.05) is 18.6 Å². The summed E-state index contributed by atoms with van der Waals surface area (Å²) < 4.78 is 4.81. The van der Waals surface area contributed by atoms with Crippen molar-refractivity contribution in [1.29, 1.82) is 0 Å². The summed E-state index contributed by atoms with van der Waals surface area (Å²) >= 11 is 1.26. The van der Waals surface area contributed by atoms with Crippen molar-refractivity contribution < 1.29 is 14.3 Å². The molecule has 1 aromatic heterocycles. The lowest BCUT2D eigenvalue weighted by Gasteiger charge is -2.11. The smallest absolute Gasteiger partial charge is 0.350 e. The predicted octanol–water partition coefficient (Wildman–Crippen LogP) is 2.35. The zero-order chi connectivity index (χ0) is 14.3. The van der Waals surface area contributed by atoms with Gasteiger partial charge >= 0.3 is 5.97 Å². The summed E-state index contributed by atoms with van der Waals surface area (Å²) in [5.74, 6) is 0.198. The Labute approximate surface area is 121 Å². The van der Waals surface area contributed by atoms with E-state index in [0.29, 0.717) is 28.9 Å². The number of hydrogen-bond donors (Lipinski definition) is 0. The minimum atomic E-state index is -0.359. The highest BCUT2D eigenvalue weighted by atomic mass is 32.1. The fraction of sp³-hybridized carbons (Fsp3) is 0.500. The molecule has 1 saturated heterocycles. The van der Waals surface area contributed by atoms with E-state index in [9.17, 15) is 9.59 Å². The van der Waals surface area contributed by atoms with Gasteiger partial charge < -0.3 is 4.74 Å². The second-order valence-electron chi connectivity index (χ2n) is 5.18. The molecule has 20 heavy (non-hydrogen) atoms. The molecule has 2 heterocycles. The van der Waals surface area contributed by atoms with Crippen LogP contribution in [0.3, 0.4) is 0 Å². The lowest BCUT2D eigenvalue weighted by Crippen LogP contribution is -2.24. The van der Waals surface area contributed by atoms with Gasteiger partial charge in [0.2, 0.25) is 5.91 Å². The van der Waals surface area contributed by atoms with Crippen molar-refractivity contribution in [3.05, 3.63) is 23.2 Å². The van der Waals surface area contributed by atoms with Crippen molar-refractivity contribution in [3.63, 3.8) is 0 Å². The molecule has 0 aromatic carbocycles. The third kappa shape index (κ3) is 2.24. The summed E-state index contributed by atoms with van der Waals surface area (Å²) in [7, 11) is 1.37. The highest BCUT2D eigenvalue weighted by molar-refractivity contribution is 7.17. The molecule has 1 aliphatic heterocycles. The first-order valence-electron chi connectivity index (χ1n) is 6.66. The first kappa shape index (κ1) is 13.3. The maximum Gasteiger partial charge on any atom is 0.350 e. The van der Waals surface area contributed by atoms with Crippen molar-refractivity contribution in [2.24, 2.45) is 5.92 Å². The molecule has 0 bridgehead atoms. The van der Waals surface area contributed by atoms with E-state index in [1.54, 1.807) is 11.0 Å². The summed E-state index contributed by atoms with van der Waals surface area (Å²) in [5.41, 5.74) is 0.798. The maximum atomic E-state index is 12.0. The largest absolute Gasteiger partial charge is 0.465 e. The number of esters is 1. The van der Waals surface area contributed by atoms with Crippen LogP contribution in [0.2, 0.25) is 0 Å². The third-order valence-electron chi connectivity index (χ3n) is 3.70. The Hall–Kier alpha value is -1.69. The Morgan fingerprint density at radius 1 is 1.55 bits per heavy atom. The summed E-state index contributed by atoms with van der Waals surface area (Å²) in [5, 5.41) is 0.613. The molecule has 1 amide bonds. The van der Waals surface area contributed by atoms with Gasteiger partial charge in [0.05, 0.1) is 12.8 Å². The van der Waals surface area contributed by atoms with E-state index in [1.807, 2.05) is 0 Å². The van der Waals surface area contributed by atoms with Crippen LogP contribution in [-0.2, 0) is 9.53 Å². The zero-order valence-corrected chi connectivity index (χ0v) is 12.1. The predicted molar refractivity (Wildman–Crippen MR) is 76.1 cm³/mol. The lowest BCUT2D eigenvalue weighted by molar-refractivity contribution is -0.117. The maximum absolute atomic E-state index is 12.0. The first-order chi connectivity index (χ1) is 9.63. The number of methoxy groups -OCH3 is 1. The number of aromatic nitrogens is 1. The van der Waals surface area contributed by atoms with Crippen molar-refractivity contribution in [1.82, 2.24) is 4.98 Å². The molecule has 1 aliphatic carbocycles. The minimum absolute atomic E-state index is 0.0439. The summed E-state index contributed by atoms with van der Waals surface area (Å²) in [6, 6.07) is 0. The van der Waals surface area contributed by atoms with Crippen LogP contribution in [0.15, 0.2) is 12.7 Å². The molecular weight excluding hydrogens is 276 g/mol. The van der Waals surface area contributed by atoms with Crippen molar-refractivity contribution in [3.8, 4) is 0 Å².